The first-order valence-electron chi connectivity index (χ1n) is 7.36. The minimum atomic E-state index is -3.72. The van der Waals surface area contributed by atoms with E-state index in [1.807, 2.05) is 0 Å². The van der Waals surface area contributed by atoms with Crippen molar-refractivity contribution in [3.05, 3.63) is 29.8 Å². The van der Waals surface area contributed by atoms with Gasteiger partial charge in [0.2, 0.25) is 20.0 Å². The number of ether oxygens (including phenoxy) is 1. The van der Waals surface area contributed by atoms with Crippen LogP contribution >= 0.6 is 0 Å². The van der Waals surface area contributed by atoms with Gasteiger partial charge in [-0.1, -0.05) is 18.2 Å². The lowest BCUT2D eigenvalue weighted by Gasteiger charge is -2.32. The van der Waals surface area contributed by atoms with Crippen molar-refractivity contribution < 1.29 is 21.6 Å². The zero-order valence-electron chi connectivity index (χ0n) is 13.2. The van der Waals surface area contributed by atoms with Crippen molar-refractivity contribution in [2.75, 3.05) is 32.1 Å². The van der Waals surface area contributed by atoms with Gasteiger partial charge in [0.25, 0.3) is 0 Å². The van der Waals surface area contributed by atoms with Crippen LogP contribution < -0.4 is 4.72 Å². The average Bonchev–Trinajstić information content (AvgIpc) is 2.47. The normalized spacial score (nSPS) is 20.5. The fourth-order valence-corrected chi connectivity index (χ4v) is 5.44. The summed E-state index contributed by atoms with van der Waals surface area (Å²) in [6.07, 6.45) is 0. The number of rotatable bonds is 6. The van der Waals surface area contributed by atoms with E-state index in [4.69, 9.17) is 4.74 Å². The minimum absolute atomic E-state index is 0.164. The second-order valence-corrected chi connectivity index (χ2v) is 9.29. The Kier molecular flexibility index (Phi) is 5.79. The van der Waals surface area contributed by atoms with Crippen molar-refractivity contribution in [1.82, 2.24) is 9.03 Å². The van der Waals surface area contributed by atoms with E-state index in [9.17, 15) is 16.8 Å². The maximum absolute atomic E-state index is 12.3. The fraction of sp³-hybridized carbons (Fsp3) is 0.571. The Morgan fingerprint density at radius 3 is 2.61 bits per heavy atom. The zero-order valence-corrected chi connectivity index (χ0v) is 14.9. The molecule has 1 N–H and O–H groups in total. The lowest BCUT2D eigenvalue weighted by atomic mass is 10.2. The van der Waals surface area contributed by atoms with Gasteiger partial charge in [-0.25, -0.2) is 21.6 Å². The molecule has 0 aliphatic carbocycles. The molecule has 23 heavy (non-hydrogen) atoms. The predicted octanol–water partition coefficient (Wildman–Crippen LogP) is 0.324. The molecule has 0 aromatic heterocycles. The third-order valence-electron chi connectivity index (χ3n) is 3.70. The predicted molar refractivity (Wildman–Crippen MR) is 87.1 cm³/mol. The van der Waals surface area contributed by atoms with Crippen LogP contribution in [-0.4, -0.2) is 59.2 Å². The summed E-state index contributed by atoms with van der Waals surface area (Å²) in [5.74, 6) is -0.275. The van der Waals surface area contributed by atoms with Crippen LogP contribution in [0.1, 0.15) is 12.5 Å². The first kappa shape index (κ1) is 18.3. The van der Waals surface area contributed by atoms with E-state index < -0.39 is 20.0 Å². The number of aryl methyl sites for hydroxylation is 1. The van der Waals surface area contributed by atoms with Crippen LogP contribution in [0.15, 0.2) is 29.2 Å². The highest BCUT2D eigenvalue weighted by atomic mass is 32.2. The quantitative estimate of drug-likeness (QED) is 0.787. The Morgan fingerprint density at radius 2 is 1.96 bits per heavy atom. The molecule has 130 valence electrons. The SMILES string of the molecule is Cc1ccccc1S(=O)(=O)NCCS(=O)(=O)N1CCOCC1C. The fourth-order valence-electron chi connectivity index (χ4n) is 2.48. The van der Waals surface area contributed by atoms with E-state index >= 15 is 0 Å². The molecule has 1 unspecified atom stereocenters. The molecule has 9 heteroatoms. The molecule has 0 saturated carbocycles. The first-order valence-corrected chi connectivity index (χ1v) is 10.5. The van der Waals surface area contributed by atoms with Gasteiger partial charge in [-0.2, -0.15) is 4.31 Å². The summed E-state index contributed by atoms with van der Waals surface area (Å²) in [7, 11) is -7.24. The maximum atomic E-state index is 12.3. The topological polar surface area (TPSA) is 92.8 Å². The largest absolute Gasteiger partial charge is 0.378 e. The van der Waals surface area contributed by atoms with Gasteiger partial charge in [0.05, 0.1) is 23.9 Å². The number of hydrogen-bond acceptors (Lipinski definition) is 5. The summed E-state index contributed by atoms with van der Waals surface area (Å²) in [5.41, 5.74) is 0.615. The van der Waals surface area contributed by atoms with Gasteiger partial charge in [0.15, 0.2) is 0 Å². The van der Waals surface area contributed by atoms with E-state index in [0.29, 0.717) is 25.3 Å². The molecule has 1 atom stereocenters. The minimum Gasteiger partial charge on any atom is -0.378 e. The monoisotopic (exact) mass is 362 g/mol. The van der Waals surface area contributed by atoms with Gasteiger partial charge in [-0.3, -0.25) is 0 Å². The number of nitrogens with zero attached hydrogens (tertiary/aromatic N) is 1. The van der Waals surface area contributed by atoms with E-state index in [2.05, 4.69) is 4.72 Å². The van der Waals surface area contributed by atoms with Crippen molar-refractivity contribution in [2.45, 2.75) is 24.8 Å². The molecule has 0 spiro atoms. The third-order valence-corrected chi connectivity index (χ3v) is 7.30. The second kappa shape index (κ2) is 7.27. The highest BCUT2D eigenvalue weighted by molar-refractivity contribution is 7.90. The molecule has 1 aliphatic rings. The lowest BCUT2D eigenvalue weighted by Crippen LogP contribution is -2.49. The van der Waals surface area contributed by atoms with Gasteiger partial charge in [-0.15, -0.1) is 0 Å². The number of nitrogens with one attached hydrogen (secondary N) is 1. The summed E-state index contributed by atoms with van der Waals surface area (Å²) >= 11 is 0. The van der Waals surface area contributed by atoms with Gasteiger partial charge in [0.1, 0.15) is 0 Å². The smallest absolute Gasteiger partial charge is 0.240 e. The number of morpholine rings is 1. The average molecular weight is 362 g/mol. The van der Waals surface area contributed by atoms with Crippen LogP contribution in [0.3, 0.4) is 0 Å². The zero-order chi connectivity index (χ0) is 17.1. The van der Waals surface area contributed by atoms with Gasteiger partial charge in [0, 0.05) is 19.1 Å². The number of hydrogen-bond donors (Lipinski definition) is 1. The molecular weight excluding hydrogens is 340 g/mol. The molecule has 1 aromatic rings. The number of sulfonamides is 2. The molecule has 1 aliphatic heterocycles. The standard InChI is InChI=1S/C14H22N2O5S2/c1-12-5-3-4-6-14(12)23(19,20)15-7-10-22(17,18)16-8-9-21-11-13(16)2/h3-6,13,15H,7-11H2,1-2H3. The van der Waals surface area contributed by atoms with E-state index in [-0.39, 0.29) is 23.2 Å². The van der Waals surface area contributed by atoms with Crippen LogP contribution in [0.4, 0.5) is 0 Å². The molecule has 1 fully saturated rings. The van der Waals surface area contributed by atoms with Gasteiger partial charge >= 0.3 is 0 Å². The van der Waals surface area contributed by atoms with Crippen molar-refractivity contribution in [3.8, 4) is 0 Å². The highest BCUT2D eigenvalue weighted by Gasteiger charge is 2.30. The molecule has 2 rings (SSSR count). The van der Waals surface area contributed by atoms with Crippen LogP contribution in [0.25, 0.3) is 0 Å². The Morgan fingerprint density at radius 1 is 1.26 bits per heavy atom. The van der Waals surface area contributed by atoms with E-state index in [1.54, 1.807) is 32.0 Å². The van der Waals surface area contributed by atoms with Gasteiger partial charge < -0.3 is 4.74 Å². The molecule has 0 radical (unpaired) electrons. The van der Waals surface area contributed by atoms with Crippen LogP contribution in [0.5, 0.6) is 0 Å². The highest BCUT2D eigenvalue weighted by Crippen LogP contribution is 2.15. The van der Waals surface area contributed by atoms with Crippen LogP contribution in [0, 0.1) is 6.92 Å². The number of benzene rings is 1. The Hall–Kier alpha value is -1.00. The van der Waals surface area contributed by atoms with Crippen molar-refractivity contribution >= 4 is 20.0 Å². The Balaban J connectivity index is 2.00. The summed E-state index contributed by atoms with van der Waals surface area (Å²) in [6.45, 7) is 4.32. The molecular formula is C14H22N2O5S2. The maximum Gasteiger partial charge on any atom is 0.240 e. The molecule has 0 bridgehead atoms. The molecule has 1 saturated heterocycles. The Labute approximate surface area is 137 Å². The lowest BCUT2D eigenvalue weighted by molar-refractivity contribution is 0.0393. The van der Waals surface area contributed by atoms with Gasteiger partial charge in [-0.05, 0) is 25.5 Å². The van der Waals surface area contributed by atoms with Crippen LogP contribution in [-0.2, 0) is 24.8 Å². The van der Waals surface area contributed by atoms with Crippen molar-refractivity contribution in [2.24, 2.45) is 0 Å². The van der Waals surface area contributed by atoms with Crippen molar-refractivity contribution in [1.29, 1.82) is 0 Å². The molecule has 0 amide bonds. The summed E-state index contributed by atoms with van der Waals surface area (Å²) in [6, 6.07) is 6.34. The molecule has 7 nitrogen and oxygen atoms in total. The summed E-state index contributed by atoms with van der Waals surface area (Å²) in [5, 5.41) is 0. The molecule has 1 heterocycles. The van der Waals surface area contributed by atoms with E-state index in [1.165, 1.54) is 10.4 Å². The Bertz CT molecular complexity index is 746. The molecule has 1 aromatic carbocycles. The van der Waals surface area contributed by atoms with Crippen LogP contribution in [0.2, 0.25) is 0 Å². The van der Waals surface area contributed by atoms with E-state index in [0.717, 1.165) is 0 Å². The summed E-state index contributed by atoms with van der Waals surface area (Å²) in [4.78, 5) is 0.164. The summed E-state index contributed by atoms with van der Waals surface area (Å²) < 4.78 is 58.1. The second-order valence-electron chi connectivity index (χ2n) is 5.51. The first-order chi connectivity index (χ1) is 10.7. The third kappa shape index (κ3) is 4.51. The van der Waals surface area contributed by atoms with Crippen molar-refractivity contribution in [3.63, 3.8) is 0 Å².